The van der Waals surface area contributed by atoms with E-state index in [1.165, 1.54) is 0 Å². The highest BCUT2D eigenvalue weighted by Crippen LogP contribution is 2.25. The fourth-order valence-electron chi connectivity index (χ4n) is 4.00. The first kappa shape index (κ1) is 18.7. The van der Waals surface area contributed by atoms with Crippen molar-refractivity contribution in [1.82, 2.24) is 14.9 Å². The summed E-state index contributed by atoms with van der Waals surface area (Å²) in [6, 6.07) is 9.90. The highest BCUT2D eigenvalue weighted by molar-refractivity contribution is 5.84. The van der Waals surface area contributed by atoms with Gasteiger partial charge in [-0.1, -0.05) is 37.3 Å². The Morgan fingerprint density at radius 1 is 1.21 bits per heavy atom. The van der Waals surface area contributed by atoms with Gasteiger partial charge in [0.1, 0.15) is 0 Å². The third-order valence-electron chi connectivity index (χ3n) is 5.59. The minimum absolute atomic E-state index is 0.0892. The molecule has 7 nitrogen and oxygen atoms in total. The van der Waals surface area contributed by atoms with Crippen LogP contribution in [0.1, 0.15) is 36.1 Å². The number of anilines is 1. The number of nitrogens with one attached hydrogen (secondary N) is 1. The van der Waals surface area contributed by atoms with Crippen LogP contribution in [0.3, 0.4) is 0 Å². The van der Waals surface area contributed by atoms with Gasteiger partial charge in [-0.2, -0.15) is 0 Å². The molecular weight excluding hydrogens is 356 g/mol. The molecule has 0 unspecified atom stereocenters. The van der Waals surface area contributed by atoms with E-state index < -0.39 is 0 Å². The molecule has 1 saturated heterocycles. The van der Waals surface area contributed by atoms with Crippen molar-refractivity contribution in [1.29, 1.82) is 0 Å². The Morgan fingerprint density at radius 2 is 1.96 bits per heavy atom. The monoisotopic (exact) mass is 382 g/mol. The lowest BCUT2D eigenvalue weighted by atomic mass is 9.94. The quantitative estimate of drug-likeness (QED) is 0.871. The Bertz CT molecular complexity index is 890. The molecule has 4 rings (SSSR count). The summed E-state index contributed by atoms with van der Waals surface area (Å²) in [6.45, 7) is 5.64. The number of aromatic amines is 1. The van der Waals surface area contributed by atoms with Crippen molar-refractivity contribution in [2.45, 2.75) is 32.2 Å². The van der Waals surface area contributed by atoms with Crippen molar-refractivity contribution < 1.29 is 9.53 Å². The Hall–Kier alpha value is -2.67. The number of aromatic nitrogens is 2. The summed E-state index contributed by atoms with van der Waals surface area (Å²) < 4.78 is 5.38. The third-order valence-corrected chi connectivity index (χ3v) is 5.59. The summed E-state index contributed by atoms with van der Waals surface area (Å²) in [5.74, 6) is 0.522. The van der Waals surface area contributed by atoms with E-state index in [2.05, 4.69) is 4.98 Å². The highest BCUT2D eigenvalue weighted by Gasteiger charge is 2.29. The zero-order valence-electron chi connectivity index (χ0n) is 16.2. The van der Waals surface area contributed by atoms with Crippen molar-refractivity contribution in [2.24, 2.45) is 0 Å². The standard InChI is InChI=1S/C21H26N4O3/c1-2-16(15-6-4-3-5-7-15)20(27)25-9-8-17-18(14-25)22-21(23-19(17)26)24-10-12-28-13-11-24/h3-7,16H,2,8-14H2,1H3,(H,22,23,26)/t16-/m1/s1. The SMILES string of the molecule is CC[C@@H](C(=O)N1CCc2c(nc(N3CCOCC3)[nH]c2=O)C1)c1ccccc1. The van der Waals surface area contributed by atoms with Crippen molar-refractivity contribution in [3.63, 3.8) is 0 Å². The van der Waals surface area contributed by atoms with Crippen LogP contribution in [0.2, 0.25) is 0 Å². The summed E-state index contributed by atoms with van der Waals surface area (Å²) in [4.78, 5) is 37.3. The maximum absolute atomic E-state index is 13.2. The summed E-state index contributed by atoms with van der Waals surface area (Å²) in [5, 5.41) is 0. The molecule has 0 radical (unpaired) electrons. The number of carbonyl (C=O) groups excluding carboxylic acids is 1. The van der Waals surface area contributed by atoms with Gasteiger partial charge >= 0.3 is 0 Å². The molecular formula is C21H26N4O3. The molecule has 7 heteroatoms. The lowest BCUT2D eigenvalue weighted by Crippen LogP contribution is -2.43. The Labute approximate surface area is 164 Å². The molecule has 0 bridgehead atoms. The first-order valence-corrected chi connectivity index (χ1v) is 9.96. The van der Waals surface area contributed by atoms with Crippen LogP contribution >= 0.6 is 0 Å². The predicted molar refractivity (Wildman–Crippen MR) is 106 cm³/mol. The number of benzene rings is 1. The molecule has 1 aromatic carbocycles. The van der Waals surface area contributed by atoms with Gasteiger partial charge in [0.05, 0.1) is 31.4 Å². The minimum atomic E-state index is -0.163. The predicted octanol–water partition coefficient (Wildman–Crippen LogP) is 1.68. The van der Waals surface area contributed by atoms with Gasteiger partial charge in [-0.05, 0) is 18.4 Å². The van der Waals surface area contributed by atoms with Gasteiger partial charge in [-0.3, -0.25) is 14.6 Å². The molecule has 3 heterocycles. The lowest BCUT2D eigenvalue weighted by molar-refractivity contribution is -0.133. The second-order valence-electron chi connectivity index (χ2n) is 7.30. The van der Waals surface area contributed by atoms with E-state index >= 15 is 0 Å². The molecule has 2 aromatic rings. The van der Waals surface area contributed by atoms with Gasteiger partial charge in [0.15, 0.2) is 0 Å². The lowest BCUT2D eigenvalue weighted by Gasteiger charge is -2.32. The van der Waals surface area contributed by atoms with E-state index in [1.54, 1.807) is 0 Å². The average Bonchev–Trinajstić information content (AvgIpc) is 2.75. The fraction of sp³-hybridized carbons (Fsp3) is 0.476. The maximum Gasteiger partial charge on any atom is 0.255 e. The van der Waals surface area contributed by atoms with Crippen LogP contribution in [-0.4, -0.2) is 53.6 Å². The van der Waals surface area contributed by atoms with Crippen molar-refractivity contribution in [3.8, 4) is 0 Å². The number of nitrogens with zero attached hydrogens (tertiary/aromatic N) is 3. The van der Waals surface area contributed by atoms with Gasteiger partial charge in [0.2, 0.25) is 11.9 Å². The van der Waals surface area contributed by atoms with Crippen LogP contribution in [-0.2, 0) is 22.5 Å². The first-order valence-electron chi connectivity index (χ1n) is 9.96. The number of rotatable bonds is 4. The van der Waals surface area contributed by atoms with E-state index in [-0.39, 0.29) is 17.4 Å². The van der Waals surface area contributed by atoms with Gasteiger partial charge in [0, 0.05) is 25.2 Å². The number of carbonyl (C=O) groups is 1. The van der Waals surface area contributed by atoms with Crippen LogP contribution in [0.25, 0.3) is 0 Å². The van der Waals surface area contributed by atoms with Gasteiger partial charge in [-0.15, -0.1) is 0 Å². The van der Waals surface area contributed by atoms with Crippen LogP contribution in [0, 0.1) is 0 Å². The van der Waals surface area contributed by atoms with E-state index in [1.807, 2.05) is 47.1 Å². The zero-order chi connectivity index (χ0) is 19.5. The molecule has 0 spiro atoms. The summed E-state index contributed by atoms with van der Waals surface area (Å²) in [5.41, 5.74) is 2.36. The number of morpholine rings is 1. The Morgan fingerprint density at radius 3 is 2.68 bits per heavy atom. The summed E-state index contributed by atoms with van der Waals surface area (Å²) in [7, 11) is 0. The molecule has 1 amide bonds. The van der Waals surface area contributed by atoms with E-state index in [0.717, 1.165) is 12.0 Å². The number of H-pyrrole nitrogens is 1. The number of amides is 1. The molecule has 1 atom stereocenters. The average molecular weight is 382 g/mol. The maximum atomic E-state index is 13.2. The molecule has 28 heavy (non-hydrogen) atoms. The third kappa shape index (κ3) is 3.67. The molecule has 2 aliphatic heterocycles. The van der Waals surface area contributed by atoms with Gasteiger partial charge < -0.3 is 14.5 Å². The molecule has 0 saturated carbocycles. The van der Waals surface area contributed by atoms with Crippen LogP contribution in [0.4, 0.5) is 5.95 Å². The second-order valence-corrected chi connectivity index (χ2v) is 7.30. The van der Waals surface area contributed by atoms with Crippen LogP contribution in [0.5, 0.6) is 0 Å². The molecule has 1 fully saturated rings. The largest absolute Gasteiger partial charge is 0.378 e. The van der Waals surface area contributed by atoms with Gasteiger partial charge in [-0.25, -0.2) is 4.98 Å². The van der Waals surface area contributed by atoms with Crippen LogP contribution < -0.4 is 10.5 Å². The molecule has 148 valence electrons. The minimum Gasteiger partial charge on any atom is -0.378 e. The molecule has 1 aromatic heterocycles. The smallest absolute Gasteiger partial charge is 0.255 e. The van der Waals surface area contributed by atoms with Crippen molar-refractivity contribution in [3.05, 3.63) is 57.5 Å². The van der Waals surface area contributed by atoms with Crippen molar-refractivity contribution in [2.75, 3.05) is 37.7 Å². The summed E-state index contributed by atoms with van der Waals surface area (Å²) >= 11 is 0. The molecule has 1 N–H and O–H groups in total. The second kappa shape index (κ2) is 8.14. The number of fused-ring (bicyclic) bond motifs is 1. The number of hydrogen-bond donors (Lipinski definition) is 1. The number of ether oxygens (including phenoxy) is 1. The zero-order valence-corrected chi connectivity index (χ0v) is 16.2. The van der Waals surface area contributed by atoms with Crippen molar-refractivity contribution >= 4 is 11.9 Å². The fourth-order valence-corrected chi connectivity index (χ4v) is 4.00. The van der Waals surface area contributed by atoms with E-state index in [0.29, 0.717) is 63.0 Å². The van der Waals surface area contributed by atoms with Gasteiger partial charge in [0.25, 0.3) is 5.56 Å². The van der Waals surface area contributed by atoms with E-state index in [4.69, 9.17) is 9.72 Å². The molecule has 0 aliphatic carbocycles. The van der Waals surface area contributed by atoms with Crippen LogP contribution in [0.15, 0.2) is 35.1 Å². The van der Waals surface area contributed by atoms with E-state index in [9.17, 15) is 9.59 Å². The number of hydrogen-bond acceptors (Lipinski definition) is 5. The first-order chi connectivity index (χ1) is 13.7. The Kier molecular flexibility index (Phi) is 5.43. The molecule has 2 aliphatic rings. The normalized spacial score (nSPS) is 17.9. The highest BCUT2D eigenvalue weighted by atomic mass is 16.5. The summed E-state index contributed by atoms with van der Waals surface area (Å²) in [6.07, 6.45) is 1.28. The Balaban J connectivity index is 1.57. The topological polar surface area (TPSA) is 78.5 Å².